The van der Waals surface area contributed by atoms with E-state index in [0.29, 0.717) is 32.7 Å². The Morgan fingerprint density at radius 3 is 2.39 bits per heavy atom. The van der Waals surface area contributed by atoms with Gasteiger partial charge in [-0.25, -0.2) is 0 Å². The minimum absolute atomic E-state index is 0.207. The van der Waals surface area contributed by atoms with Gasteiger partial charge in [0, 0.05) is 45.8 Å². The highest BCUT2D eigenvalue weighted by Gasteiger charge is 2.17. The average molecular weight is 258 g/mol. The number of nitrogens with zero attached hydrogens (tertiary/aromatic N) is 1. The van der Waals surface area contributed by atoms with E-state index in [0.717, 1.165) is 25.9 Å². The van der Waals surface area contributed by atoms with Gasteiger partial charge in [0.2, 0.25) is 5.91 Å². The van der Waals surface area contributed by atoms with Gasteiger partial charge in [-0.1, -0.05) is 0 Å². The van der Waals surface area contributed by atoms with Crippen LogP contribution in [0.25, 0.3) is 0 Å². The zero-order valence-corrected chi connectivity index (χ0v) is 11.6. The lowest BCUT2D eigenvalue weighted by molar-refractivity contribution is -0.134. The first kappa shape index (κ1) is 15.4. The van der Waals surface area contributed by atoms with Crippen LogP contribution < -0.4 is 5.32 Å². The summed E-state index contributed by atoms with van der Waals surface area (Å²) in [4.78, 5) is 13.7. The molecular formula is C13H26N2O3. The molecule has 0 unspecified atom stereocenters. The summed E-state index contributed by atoms with van der Waals surface area (Å²) in [7, 11) is 0. The molecule has 5 nitrogen and oxygen atoms in total. The van der Waals surface area contributed by atoms with E-state index < -0.39 is 0 Å². The molecule has 5 heteroatoms. The van der Waals surface area contributed by atoms with Gasteiger partial charge in [-0.2, -0.15) is 0 Å². The summed E-state index contributed by atoms with van der Waals surface area (Å²) < 4.78 is 10.8. The number of carbonyl (C=O) groups is 1. The number of amides is 1. The van der Waals surface area contributed by atoms with Crippen LogP contribution in [-0.2, 0) is 14.3 Å². The number of nitrogens with one attached hydrogen (secondary N) is 1. The number of hydrogen-bond donors (Lipinski definition) is 1. The Balaban J connectivity index is 2.07. The normalized spacial score (nSPS) is 15.6. The minimum atomic E-state index is -0.207. The van der Waals surface area contributed by atoms with E-state index in [1.165, 1.54) is 0 Å². The Kier molecular flexibility index (Phi) is 7.96. The second-order valence-corrected chi connectivity index (χ2v) is 4.38. The second kappa shape index (κ2) is 9.30. The number of rotatable bonds is 9. The maximum absolute atomic E-state index is 11.8. The van der Waals surface area contributed by atoms with Crippen molar-refractivity contribution >= 4 is 5.91 Å². The van der Waals surface area contributed by atoms with Crippen LogP contribution in [0.15, 0.2) is 0 Å². The van der Waals surface area contributed by atoms with E-state index >= 15 is 0 Å². The third kappa shape index (κ3) is 5.80. The quantitative estimate of drug-likeness (QED) is 0.495. The summed E-state index contributed by atoms with van der Waals surface area (Å²) in [5.41, 5.74) is 0. The third-order valence-electron chi connectivity index (χ3n) is 2.99. The van der Waals surface area contributed by atoms with Crippen molar-refractivity contribution in [1.29, 1.82) is 0 Å². The van der Waals surface area contributed by atoms with Crippen LogP contribution in [-0.4, -0.2) is 56.5 Å². The number of ether oxygens (including phenoxy) is 2. The summed E-state index contributed by atoms with van der Waals surface area (Å²) in [6.45, 7) is 8.35. The lowest BCUT2D eigenvalue weighted by Gasteiger charge is -2.18. The summed E-state index contributed by atoms with van der Waals surface area (Å²) in [5, 5.41) is 3.21. The smallest absolute Gasteiger partial charge is 0.223 e. The van der Waals surface area contributed by atoms with Gasteiger partial charge in [-0.05, 0) is 26.7 Å². The first-order valence-corrected chi connectivity index (χ1v) is 6.99. The van der Waals surface area contributed by atoms with Gasteiger partial charge in [0.15, 0.2) is 6.29 Å². The molecule has 106 valence electrons. The van der Waals surface area contributed by atoms with E-state index in [-0.39, 0.29) is 12.2 Å². The molecular weight excluding hydrogens is 232 g/mol. The molecule has 1 rings (SSSR count). The number of hydrogen-bond acceptors (Lipinski definition) is 4. The predicted molar refractivity (Wildman–Crippen MR) is 70.3 cm³/mol. The zero-order valence-electron chi connectivity index (χ0n) is 11.6. The minimum Gasteiger partial charge on any atom is -0.352 e. The van der Waals surface area contributed by atoms with Crippen molar-refractivity contribution in [3.8, 4) is 0 Å². The van der Waals surface area contributed by atoms with Gasteiger partial charge in [-0.3, -0.25) is 4.79 Å². The van der Waals surface area contributed by atoms with Crippen LogP contribution in [0.4, 0.5) is 0 Å². The molecule has 0 bridgehead atoms. The molecule has 1 aliphatic heterocycles. The fourth-order valence-electron chi connectivity index (χ4n) is 2.08. The van der Waals surface area contributed by atoms with Gasteiger partial charge in [0.05, 0.1) is 0 Å². The Morgan fingerprint density at radius 1 is 1.22 bits per heavy atom. The zero-order chi connectivity index (χ0) is 13.2. The van der Waals surface area contributed by atoms with Gasteiger partial charge >= 0.3 is 0 Å². The SMILES string of the molecule is CCOC(CNCCC(=O)N1CCCC1)OCC. The van der Waals surface area contributed by atoms with Crippen LogP contribution in [0.5, 0.6) is 0 Å². The Labute approximate surface area is 110 Å². The Bertz CT molecular complexity index is 224. The van der Waals surface area contributed by atoms with E-state index in [1.54, 1.807) is 0 Å². The third-order valence-corrected chi connectivity index (χ3v) is 2.99. The van der Waals surface area contributed by atoms with Crippen LogP contribution >= 0.6 is 0 Å². The standard InChI is InChI=1S/C13H26N2O3/c1-3-17-13(18-4-2)11-14-8-7-12(16)15-9-5-6-10-15/h13-14H,3-11H2,1-2H3. The summed E-state index contributed by atoms with van der Waals surface area (Å²) >= 11 is 0. The van der Waals surface area contributed by atoms with Crippen LogP contribution in [0.3, 0.4) is 0 Å². The van der Waals surface area contributed by atoms with Gasteiger partial charge < -0.3 is 19.7 Å². The molecule has 1 amide bonds. The van der Waals surface area contributed by atoms with Crippen molar-refractivity contribution in [1.82, 2.24) is 10.2 Å². The molecule has 0 atom stereocenters. The highest BCUT2D eigenvalue weighted by atomic mass is 16.7. The first-order valence-electron chi connectivity index (χ1n) is 6.99. The van der Waals surface area contributed by atoms with Crippen molar-refractivity contribution in [3.63, 3.8) is 0 Å². The molecule has 0 aromatic rings. The van der Waals surface area contributed by atoms with Gasteiger partial charge in [-0.15, -0.1) is 0 Å². The summed E-state index contributed by atoms with van der Waals surface area (Å²) in [6.07, 6.45) is 2.65. The fraction of sp³-hybridized carbons (Fsp3) is 0.923. The van der Waals surface area contributed by atoms with E-state index in [9.17, 15) is 4.79 Å². The molecule has 0 spiro atoms. The van der Waals surface area contributed by atoms with Crippen molar-refractivity contribution < 1.29 is 14.3 Å². The lowest BCUT2D eigenvalue weighted by Crippen LogP contribution is -2.35. The van der Waals surface area contributed by atoms with Crippen LogP contribution in [0, 0.1) is 0 Å². The molecule has 1 saturated heterocycles. The largest absolute Gasteiger partial charge is 0.352 e. The lowest BCUT2D eigenvalue weighted by atomic mass is 10.3. The van der Waals surface area contributed by atoms with Gasteiger partial charge in [0.1, 0.15) is 0 Å². The predicted octanol–water partition coefficient (Wildman–Crippen LogP) is 0.988. The highest BCUT2D eigenvalue weighted by molar-refractivity contribution is 5.76. The molecule has 1 aliphatic rings. The van der Waals surface area contributed by atoms with E-state index in [1.807, 2.05) is 18.7 Å². The molecule has 1 heterocycles. The number of carbonyl (C=O) groups excluding carboxylic acids is 1. The molecule has 1 fully saturated rings. The molecule has 0 radical (unpaired) electrons. The maximum Gasteiger partial charge on any atom is 0.223 e. The second-order valence-electron chi connectivity index (χ2n) is 4.38. The van der Waals surface area contributed by atoms with Crippen molar-refractivity contribution in [2.45, 2.75) is 39.4 Å². The van der Waals surface area contributed by atoms with Crippen molar-refractivity contribution in [2.24, 2.45) is 0 Å². The highest BCUT2D eigenvalue weighted by Crippen LogP contribution is 2.08. The van der Waals surface area contributed by atoms with Crippen LogP contribution in [0.1, 0.15) is 33.1 Å². The number of likely N-dealkylation sites (tertiary alicyclic amines) is 1. The van der Waals surface area contributed by atoms with E-state index in [2.05, 4.69) is 5.32 Å². The van der Waals surface area contributed by atoms with Gasteiger partial charge in [0.25, 0.3) is 0 Å². The van der Waals surface area contributed by atoms with E-state index in [4.69, 9.17) is 9.47 Å². The van der Waals surface area contributed by atoms with Crippen LogP contribution in [0.2, 0.25) is 0 Å². The molecule has 0 saturated carbocycles. The summed E-state index contributed by atoms with van der Waals surface area (Å²) in [6, 6.07) is 0. The molecule has 0 aromatic carbocycles. The monoisotopic (exact) mass is 258 g/mol. The molecule has 0 aromatic heterocycles. The molecule has 0 aliphatic carbocycles. The fourth-order valence-corrected chi connectivity index (χ4v) is 2.08. The Hall–Kier alpha value is -0.650. The maximum atomic E-state index is 11.8. The molecule has 18 heavy (non-hydrogen) atoms. The first-order chi connectivity index (χ1) is 8.77. The Morgan fingerprint density at radius 2 is 1.83 bits per heavy atom. The average Bonchev–Trinajstić information content (AvgIpc) is 2.88. The van der Waals surface area contributed by atoms with Crippen molar-refractivity contribution in [2.75, 3.05) is 39.4 Å². The molecule has 1 N–H and O–H groups in total. The summed E-state index contributed by atoms with van der Waals surface area (Å²) in [5.74, 6) is 0.254. The van der Waals surface area contributed by atoms with Crippen molar-refractivity contribution in [3.05, 3.63) is 0 Å². The topological polar surface area (TPSA) is 50.8 Å².